The van der Waals surface area contributed by atoms with Crippen LogP contribution in [0.15, 0.2) is 18.2 Å². The van der Waals surface area contributed by atoms with Gasteiger partial charge in [-0.2, -0.15) is 5.26 Å². The highest BCUT2D eigenvalue weighted by Crippen LogP contribution is 2.11. The van der Waals surface area contributed by atoms with Crippen molar-refractivity contribution in [2.75, 3.05) is 0 Å². The topological polar surface area (TPSA) is 52.9 Å². The van der Waals surface area contributed by atoms with Crippen LogP contribution >= 0.6 is 0 Å². The predicted octanol–water partition coefficient (Wildman–Crippen LogP) is 1.61. The quantitative estimate of drug-likeness (QED) is 0.806. The molecule has 78 valence electrons. The largest absolute Gasteiger partial charge is 0.336 e. The molecule has 1 amide bonds. The first-order chi connectivity index (χ1) is 7.06. The fraction of sp³-hybridized carbons (Fsp3) is 0.200. The first kappa shape index (κ1) is 11.1. The van der Waals surface area contributed by atoms with Crippen molar-refractivity contribution in [1.82, 2.24) is 5.32 Å². The lowest BCUT2D eigenvalue weighted by molar-refractivity contribution is 0.0942. The van der Waals surface area contributed by atoms with Gasteiger partial charge in [0.2, 0.25) is 0 Å². The molecule has 1 N–H and O–H groups in total. The Morgan fingerprint density at radius 1 is 1.53 bits per heavy atom. The van der Waals surface area contributed by atoms with Crippen molar-refractivity contribution >= 4 is 5.91 Å². The zero-order valence-corrected chi connectivity index (χ0v) is 7.92. The van der Waals surface area contributed by atoms with Gasteiger partial charge in [-0.1, -0.05) is 6.07 Å². The van der Waals surface area contributed by atoms with Crippen LogP contribution in [0.25, 0.3) is 0 Å². The third kappa shape index (κ3) is 2.50. The molecule has 5 heteroatoms. The maximum atomic E-state index is 13.1. The lowest BCUT2D eigenvalue weighted by atomic mass is 10.2. The number of carbonyl (C=O) groups is 1. The second kappa shape index (κ2) is 4.51. The van der Waals surface area contributed by atoms with E-state index in [0.717, 1.165) is 12.1 Å². The smallest absolute Gasteiger partial charge is 0.255 e. The minimum Gasteiger partial charge on any atom is -0.336 e. The zero-order valence-electron chi connectivity index (χ0n) is 7.92. The Bertz CT molecular complexity index is 426. The van der Waals surface area contributed by atoms with Gasteiger partial charge >= 0.3 is 0 Å². The number of nitriles is 1. The van der Waals surface area contributed by atoms with Crippen molar-refractivity contribution in [3.8, 4) is 6.07 Å². The van der Waals surface area contributed by atoms with E-state index < -0.39 is 29.1 Å². The van der Waals surface area contributed by atoms with Gasteiger partial charge in [0.05, 0.1) is 11.6 Å². The van der Waals surface area contributed by atoms with Crippen LogP contribution in [-0.4, -0.2) is 11.9 Å². The maximum absolute atomic E-state index is 13.1. The number of rotatable bonds is 2. The Balaban J connectivity index is 2.93. The van der Waals surface area contributed by atoms with E-state index in [-0.39, 0.29) is 0 Å². The molecular weight excluding hydrogens is 202 g/mol. The number of nitrogens with one attached hydrogen (secondary N) is 1. The summed E-state index contributed by atoms with van der Waals surface area (Å²) in [5, 5.41) is 10.6. The molecule has 0 saturated heterocycles. The molecule has 3 nitrogen and oxygen atoms in total. The molecule has 1 aromatic rings. The van der Waals surface area contributed by atoms with Gasteiger partial charge < -0.3 is 5.32 Å². The summed E-state index contributed by atoms with van der Waals surface area (Å²) in [6, 6.07) is 4.30. The molecule has 0 aromatic heterocycles. The van der Waals surface area contributed by atoms with E-state index >= 15 is 0 Å². The van der Waals surface area contributed by atoms with Gasteiger partial charge in [-0.25, -0.2) is 8.78 Å². The Kier molecular flexibility index (Phi) is 3.34. The molecule has 0 aliphatic heterocycles. The maximum Gasteiger partial charge on any atom is 0.255 e. The third-order valence-corrected chi connectivity index (χ3v) is 1.74. The molecule has 0 aliphatic carbocycles. The number of hydrogen-bond donors (Lipinski definition) is 1. The Morgan fingerprint density at radius 3 is 2.80 bits per heavy atom. The summed E-state index contributed by atoms with van der Waals surface area (Å²) in [6.45, 7) is 1.44. The molecule has 0 aliphatic rings. The van der Waals surface area contributed by atoms with Crippen molar-refractivity contribution in [3.63, 3.8) is 0 Å². The summed E-state index contributed by atoms with van der Waals surface area (Å²) in [6.07, 6.45) is 0. The summed E-state index contributed by atoms with van der Waals surface area (Å²) in [5.74, 6) is -3.10. The van der Waals surface area contributed by atoms with Gasteiger partial charge in [-0.3, -0.25) is 4.79 Å². The molecule has 1 atom stereocenters. The van der Waals surface area contributed by atoms with Crippen LogP contribution in [0.2, 0.25) is 0 Å². The van der Waals surface area contributed by atoms with Crippen molar-refractivity contribution < 1.29 is 13.6 Å². The first-order valence-corrected chi connectivity index (χ1v) is 4.20. The molecule has 1 rings (SSSR count). The van der Waals surface area contributed by atoms with E-state index in [4.69, 9.17) is 5.26 Å². The van der Waals surface area contributed by atoms with Gasteiger partial charge in [-0.15, -0.1) is 0 Å². The average molecular weight is 210 g/mol. The third-order valence-electron chi connectivity index (χ3n) is 1.74. The fourth-order valence-electron chi connectivity index (χ4n) is 0.986. The molecule has 1 unspecified atom stereocenters. The van der Waals surface area contributed by atoms with E-state index in [2.05, 4.69) is 5.32 Å². The van der Waals surface area contributed by atoms with Crippen LogP contribution in [0.1, 0.15) is 17.3 Å². The summed E-state index contributed by atoms with van der Waals surface area (Å²) >= 11 is 0. The number of carbonyl (C=O) groups excluding carboxylic acids is 1. The van der Waals surface area contributed by atoms with Gasteiger partial charge in [-0.05, 0) is 19.1 Å². The van der Waals surface area contributed by atoms with Crippen LogP contribution in [0, 0.1) is 23.0 Å². The van der Waals surface area contributed by atoms with E-state index in [1.807, 2.05) is 0 Å². The monoisotopic (exact) mass is 210 g/mol. The van der Waals surface area contributed by atoms with E-state index in [1.165, 1.54) is 13.0 Å². The Morgan fingerprint density at radius 2 is 2.20 bits per heavy atom. The number of amides is 1. The van der Waals surface area contributed by atoms with Crippen LogP contribution in [0.4, 0.5) is 8.78 Å². The van der Waals surface area contributed by atoms with Crippen LogP contribution in [0.5, 0.6) is 0 Å². The van der Waals surface area contributed by atoms with Crippen molar-refractivity contribution in [3.05, 3.63) is 35.4 Å². The number of hydrogen-bond acceptors (Lipinski definition) is 2. The summed E-state index contributed by atoms with van der Waals surface area (Å²) in [7, 11) is 0. The second-order valence-electron chi connectivity index (χ2n) is 2.93. The average Bonchev–Trinajstić information content (AvgIpc) is 2.21. The summed E-state index contributed by atoms with van der Waals surface area (Å²) in [5.41, 5.74) is -0.405. The summed E-state index contributed by atoms with van der Waals surface area (Å²) < 4.78 is 25.8. The number of halogens is 2. The fourth-order valence-corrected chi connectivity index (χ4v) is 0.986. The number of nitrogens with zero attached hydrogens (tertiary/aromatic N) is 1. The van der Waals surface area contributed by atoms with E-state index in [0.29, 0.717) is 0 Å². The molecular formula is C10H8F2N2O. The van der Waals surface area contributed by atoms with Gasteiger partial charge in [0.25, 0.3) is 5.91 Å². The van der Waals surface area contributed by atoms with Crippen LogP contribution in [-0.2, 0) is 0 Å². The lowest BCUT2D eigenvalue weighted by Gasteiger charge is -2.07. The van der Waals surface area contributed by atoms with Crippen molar-refractivity contribution in [2.24, 2.45) is 0 Å². The van der Waals surface area contributed by atoms with Gasteiger partial charge in [0.15, 0.2) is 11.6 Å². The molecule has 15 heavy (non-hydrogen) atoms. The van der Waals surface area contributed by atoms with Crippen molar-refractivity contribution in [2.45, 2.75) is 13.0 Å². The predicted molar refractivity (Wildman–Crippen MR) is 48.9 cm³/mol. The van der Waals surface area contributed by atoms with Gasteiger partial charge in [0.1, 0.15) is 6.04 Å². The molecule has 0 fully saturated rings. The highest BCUT2D eigenvalue weighted by atomic mass is 19.2. The summed E-state index contributed by atoms with van der Waals surface area (Å²) in [4.78, 5) is 11.3. The van der Waals surface area contributed by atoms with Crippen LogP contribution in [0.3, 0.4) is 0 Å². The molecule has 0 spiro atoms. The minimum atomic E-state index is -1.21. The second-order valence-corrected chi connectivity index (χ2v) is 2.93. The highest BCUT2D eigenvalue weighted by Gasteiger charge is 2.16. The first-order valence-electron chi connectivity index (χ1n) is 4.20. The highest BCUT2D eigenvalue weighted by molar-refractivity contribution is 5.94. The lowest BCUT2D eigenvalue weighted by Crippen LogP contribution is -2.32. The number of benzene rings is 1. The van der Waals surface area contributed by atoms with Crippen molar-refractivity contribution in [1.29, 1.82) is 5.26 Å². The minimum absolute atomic E-state index is 0.405. The molecule has 0 heterocycles. The SMILES string of the molecule is CC(C#N)NC(=O)c1cccc(F)c1F. The van der Waals surface area contributed by atoms with Gasteiger partial charge in [0, 0.05) is 0 Å². The molecule has 0 radical (unpaired) electrons. The Labute approximate surface area is 85.3 Å². The van der Waals surface area contributed by atoms with Crippen LogP contribution < -0.4 is 5.32 Å². The molecule has 1 aromatic carbocycles. The Hall–Kier alpha value is -1.96. The molecule has 0 saturated carbocycles. The standard InChI is InChI=1S/C10H8F2N2O/c1-6(5-13)14-10(15)7-3-2-4-8(11)9(7)12/h2-4,6H,1H3,(H,14,15). The van der Waals surface area contributed by atoms with E-state index in [1.54, 1.807) is 6.07 Å². The van der Waals surface area contributed by atoms with E-state index in [9.17, 15) is 13.6 Å². The zero-order chi connectivity index (χ0) is 11.4. The normalized spacial score (nSPS) is 11.6. The molecule has 0 bridgehead atoms.